The van der Waals surface area contributed by atoms with Crippen LogP contribution in [-0.4, -0.2) is 44.1 Å². The normalized spacial score (nSPS) is 14.5. The summed E-state index contributed by atoms with van der Waals surface area (Å²) in [5.74, 6) is -0.0442. The summed E-state index contributed by atoms with van der Waals surface area (Å²) >= 11 is 6.41. The molecule has 1 fully saturated rings. The highest BCUT2D eigenvalue weighted by molar-refractivity contribution is 7.91. The summed E-state index contributed by atoms with van der Waals surface area (Å²) in [5, 5.41) is 0.908. The number of rotatable bonds is 8. The molecule has 2 aromatic carbocycles. The molecule has 2 aromatic heterocycles. The van der Waals surface area contributed by atoms with Crippen molar-refractivity contribution in [2.45, 2.75) is 22.6 Å². The number of nitrogens with zero attached hydrogens (tertiary/aromatic N) is 1. The van der Waals surface area contributed by atoms with Gasteiger partial charge in [0.15, 0.2) is 5.75 Å². The number of hydrogen-bond acceptors (Lipinski definition) is 7. The summed E-state index contributed by atoms with van der Waals surface area (Å²) < 4.78 is 44.5. The van der Waals surface area contributed by atoms with Crippen LogP contribution in [-0.2, 0) is 14.6 Å². The Morgan fingerprint density at radius 3 is 2.73 bits per heavy atom. The van der Waals surface area contributed by atoms with Gasteiger partial charge in [0.25, 0.3) is 5.91 Å². The van der Waals surface area contributed by atoms with Crippen molar-refractivity contribution < 1.29 is 27.4 Å². The van der Waals surface area contributed by atoms with E-state index in [0.717, 1.165) is 18.2 Å². The van der Waals surface area contributed by atoms with Crippen molar-refractivity contribution in [1.29, 1.82) is 0 Å². The van der Waals surface area contributed by atoms with E-state index in [1.54, 1.807) is 18.3 Å². The Bertz CT molecular complexity index is 1560. The average Bonchev–Trinajstić information content (AvgIpc) is 3.36. The Morgan fingerprint density at radius 2 is 1.97 bits per heavy atom. The second kappa shape index (κ2) is 10.4. The maximum Gasteiger partial charge on any atom is 0.252 e. The lowest BCUT2D eigenvalue weighted by atomic mass is 10.0. The van der Waals surface area contributed by atoms with E-state index in [1.165, 1.54) is 42.6 Å². The van der Waals surface area contributed by atoms with Crippen LogP contribution in [0.1, 0.15) is 23.2 Å². The quantitative estimate of drug-likeness (QED) is 0.329. The summed E-state index contributed by atoms with van der Waals surface area (Å²) in [6.45, 7) is 1.86. The monoisotopic (exact) mass is 541 g/mol. The molecule has 1 aliphatic heterocycles. The first kappa shape index (κ1) is 25.1. The Hall–Kier alpha value is -3.60. The van der Waals surface area contributed by atoms with Crippen molar-refractivity contribution in [3.63, 3.8) is 0 Å². The zero-order valence-electron chi connectivity index (χ0n) is 19.6. The van der Waals surface area contributed by atoms with Crippen molar-refractivity contribution in [3.05, 3.63) is 71.5 Å². The van der Waals surface area contributed by atoms with Crippen molar-refractivity contribution in [3.8, 4) is 17.2 Å². The average molecular weight is 542 g/mol. The number of nitrogens with one attached hydrogen (secondary N) is 1. The highest BCUT2D eigenvalue weighted by Gasteiger charge is 2.27. The maximum atomic E-state index is 13.7. The highest BCUT2D eigenvalue weighted by atomic mass is 35.5. The molecule has 0 saturated carbocycles. The molecule has 9 nitrogen and oxygen atoms in total. The second-order valence-electron chi connectivity index (χ2n) is 8.65. The van der Waals surface area contributed by atoms with E-state index >= 15 is 0 Å². The van der Waals surface area contributed by atoms with E-state index in [0.29, 0.717) is 37.1 Å². The standard InChI is InChI=1S/C26H24ClN3O6S/c27-21-13-19(4-5-22(21)35-15-16-7-10-34-11-8-16)37(32,33)23-3-1-2-20(25(28)31)24(23)36-18-12-17-6-9-29-26(17)30-14-18/h1-6,9,12-14,16H,7-8,10-11,15H2,(H2,28,31)(H,29,30). The number of ether oxygens (including phenoxy) is 3. The van der Waals surface area contributed by atoms with Crippen molar-refractivity contribution in [1.82, 2.24) is 9.97 Å². The van der Waals surface area contributed by atoms with Crippen LogP contribution in [0.25, 0.3) is 11.0 Å². The van der Waals surface area contributed by atoms with Gasteiger partial charge in [-0.2, -0.15) is 0 Å². The summed E-state index contributed by atoms with van der Waals surface area (Å²) in [5.41, 5.74) is 6.10. The van der Waals surface area contributed by atoms with Crippen LogP contribution in [0.15, 0.2) is 70.7 Å². The minimum absolute atomic E-state index is 0.0819. The largest absolute Gasteiger partial charge is 0.492 e. The lowest BCUT2D eigenvalue weighted by Gasteiger charge is -2.22. The minimum Gasteiger partial charge on any atom is -0.492 e. The Balaban J connectivity index is 1.47. The van der Waals surface area contributed by atoms with E-state index in [2.05, 4.69) is 9.97 Å². The molecule has 4 aromatic rings. The molecule has 1 amide bonds. The number of pyridine rings is 1. The Morgan fingerprint density at radius 1 is 1.16 bits per heavy atom. The molecule has 0 bridgehead atoms. The van der Waals surface area contributed by atoms with Crippen LogP contribution in [0.4, 0.5) is 0 Å². The molecule has 0 atom stereocenters. The molecular formula is C26H24ClN3O6S. The number of sulfone groups is 1. The van der Waals surface area contributed by atoms with Gasteiger partial charge in [0, 0.05) is 24.8 Å². The van der Waals surface area contributed by atoms with Gasteiger partial charge in [0.05, 0.1) is 28.3 Å². The van der Waals surface area contributed by atoms with Gasteiger partial charge in [-0.05, 0) is 61.2 Å². The number of aromatic amines is 1. The number of carbonyl (C=O) groups excluding carboxylic acids is 1. The number of para-hydroxylation sites is 1. The number of fused-ring (bicyclic) bond motifs is 1. The number of H-pyrrole nitrogens is 1. The SMILES string of the molecule is NC(=O)c1cccc(S(=O)(=O)c2ccc(OCC3CCOCC3)c(Cl)c2)c1Oc1cnc2[nH]ccc2c1. The van der Waals surface area contributed by atoms with Crippen LogP contribution >= 0.6 is 11.6 Å². The Labute approximate surface area is 218 Å². The van der Waals surface area contributed by atoms with Crippen LogP contribution in [0.2, 0.25) is 5.02 Å². The van der Waals surface area contributed by atoms with Gasteiger partial charge >= 0.3 is 0 Å². The number of amides is 1. The molecule has 0 radical (unpaired) electrons. The smallest absolute Gasteiger partial charge is 0.252 e. The highest BCUT2D eigenvalue weighted by Crippen LogP contribution is 2.38. The summed E-state index contributed by atoms with van der Waals surface area (Å²) in [4.78, 5) is 19.1. The van der Waals surface area contributed by atoms with E-state index in [1.807, 2.05) is 0 Å². The first-order chi connectivity index (χ1) is 17.8. The summed E-state index contributed by atoms with van der Waals surface area (Å²) in [6.07, 6.45) is 4.94. The van der Waals surface area contributed by atoms with Gasteiger partial charge < -0.3 is 24.9 Å². The molecule has 0 spiro atoms. The Kier molecular flexibility index (Phi) is 7.05. The fourth-order valence-electron chi connectivity index (χ4n) is 4.13. The molecule has 0 unspecified atom stereocenters. The number of benzene rings is 2. The zero-order valence-corrected chi connectivity index (χ0v) is 21.2. The van der Waals surface area contributed by atoms with Gasteiger partial charge in [-0.3, -0.25) is 4.79 Å². The van der Waals surface area contributed by atoms with Crippen molar-refractivity contribution in [2.24, 2.45) is 11.7 Å². The summed E-state index contributed by atoms with van der Waals surface area (Å²) in [6, 6.07) is 11.9. The van der Waals surface area contributed by atoms with E-state index in [-0.39, 0.29) is 31.9 Å². The molecule has 5 rings (SSSR count). The fraction of sp³-hybridized carbons (Fsp3) is 0.231. The lowest BCUT2D eigenvalue weighted by molar-refractivity contribution is 0.0497. The number of halogens is 1. The second-order valence-corrected chi connectivity index (χ2v) is 11.0. The first-order valence-corrected chi connectivity index (χ1v) is 13.5. The third-order valence-electron chi connectivity index (χ3n) is 6.16. The molecule has 0 aliphatic carbocycles. The fourth-order valence-corrected chi connectivity index (χ4v) is 5.86. The van der Waals surface area contributed by atoms with Crippen LogP contribution < -0.4 is 15.2 Å². The number of primary amides is 1. The number of hydrogen-bond donors (Lipinski definition) is 2. The molecule has 192 valence electrons. The third-order valence-corrected chi connectivity index (χ3v) is 8.23. The van der Waals surface area contributed by atoms with E-state index in [9.17, 15) is 13.2 Å². The predicted octanol–water partition coefficient (Wildman–Crippen LogP) is 4.75. The molecule has 37 heavy (non-hydrogen) atoms. The van der Waals surface area contributed by atoms with Crippen molar-refractivity contribution >= 4 is 38.4 Å². The van der Waals surface area contributed by atoms with Crippen LogP contribution in [0.5, 0.6) is 17.2 Å². The maximum absolute atomic E-state index is 13.7. The third kappa shape index (κ3) is 5.27. The topological polar surface area (TPSA) is 134 Å². The lowest BCUT2D eigenvalue weighted by Crippen LogP contribution is -2.21. The predicted molar refractivity (Wildman–Crippen MR) is 137 cm³/mol. The van der Waals surface area contributed by atoms with Gasteiger partial charge in [-0.1, -0.05) is 17.7 Å². The van der Waals surface area contributed by atoms with Crippen molar-refractivity contribution in [2.75, 3.05) is 19.8 Å². The molecular weight excluding hydrogens is 518 g/mol. The molecule has 1 aliphatic rings. The van der Waals surface area contributed by atoms with Gasteiger partial charge in [0.2, 0.25) is 9.84 Å². The first-order valence-electron chi connectivity index (χ1n) is 11.6. The van der Waals surface area contributed by atoms with Gasteiger partial charge in [-0.15, -0.1) is 0 Å². The van der Waals surface area contributed by atoms with Crippen LogP contribution in [0, 0.1) is 5.92 Å². The van der Waals surface area contributed by atoms with E-state index < -0.39 is 15.7 Å². The number of nitrogens with two attached hydrogens (primary N) is 1. The zero-order chi connectivity index (χ0) is 26.0. The summed E-state index contributed by atoms with van der Waals surface area (Å²) in [7, 11) is -4.17. The number of carbonyl (C=O) groups is 1. The number of aromatic nitrogens is 2. The molecule has 3 heterocycles. The minimum atomic E-state index is -4.17. The molecule has 11 heteroatoms. The van der Waals surface area contributed by atoms with E-state index in [4.69, 9.17) is 31.5 Å². The van der Waals surface area contributed by atoms with Crippen LogP contribution in [0.3, 0.4) is 0 Å². The molecule has 1 saturated heterocycles. The van der Waals surface area contributed by atoms with Gasteiger partial charge in [0.1, 0.15) is 22.0 Å². The molecule has 3 N–H and O–H groups in total. The van der Waals surface area contributed by atoms with Gasteiger partial charge in [-0.25, -0.2) is 13.4 Å².